The lowest BCUT2D eigenvalue weighted by Crippen LogP contribution is -2.25. The number of aromatic nitrogens is 1. The van der Waals surface area contributed by atoms with Crippen LogP contribution in [0.15, 0.2) is 18.3 Å². The molecule has 0 aliphatic carbocycles. The lowest BCUT2D eigenvalue weighted by atomic mass is 9.92. The molecule has 1 aromatic rings. The first-order chi connectivity index (χ1) is 8.22. The molecule has 90 valence electrons. The molecule has 17 heavy (non-hydrogen) atoms. The molecule has 2 bridgehead atoms. The third-order valence-corrected chi connectivity index (χ3v) is 5.27. The molecule has 0 saturated carbocycles. The maximum absolute atomic E-state index is 12.7. The molecule has 1 aromatic heterocycles. The minimum Gasteiger partial charge on any atom is -0.292 e. The number of pyridine rings is 1. The minimum atomic E-state index is -0.388. The normalized spacial score (nSPS) is 31.5. The average Bonchev–Trinajstić information content (AvgIpc) is 2.68. The number of ketones is 1. The molecule has 2 nitrogen and oxygen atoms in total. The van der Waals surface area contributed by atoms with Gasteiger partial charge in [-0.2, -0.15) is 11.8 Å². The van der Waals surface area contributed by atoms with E-state index in [2.05, 4.69) is 4.98 Å². The number of hydrogen-bond donors (Lipinski definition) is 0. The molecule has 3 rings (SSSR count). The summed E-state index contributed by atoms with van der Waals surface area (Å²) in [4.78, 5) is 16.1. The summed E-state index contributed by atoms with van der Waals surface area (Å²) in [6, 6.07) is 2.81. The zero-order chi connectivity index (χ0) is 11.8. The second-order valence-electron chi connectivity index (χ2n) is 4.85. The molecule has 2 aliphatic rings. The third-order valence-electron chi connectivity index (χ3n) is 3.64. The van der Waals surface area contributed by atoms with E-state index in [1.54, 1.807) is 0 Å². The second kappa shape index (κ2) is 4.41. The fourth-order valence-corrected chi connectivity index (χ4v) is 4.58. The van der Waals surface area contributed by atoms with Crippen molar-refractivity contribution in [2.24, 2.45) is 5.92 Å². The molecule has 2 unspecified atom stereocenters. The predicted octanol–water partition coefficient (Wildman–Crippen LogP) is 3.08. The highest BCUT2D eigenvalue weighted by atomic mass is 32.2. The first kappa shape index (κ1) is 11.2. The van der Waals surface area contributed by atoms with E-state index >= 15 is 0 Å². The number of fused-ring (bicyclic) bond motifs is 2. The van der Waals surface area contributed by atoms with E-state index in [1.807, 2.05) is 11.8 Å². The molecule has 0 spiro atoms. The first-order valence-electron chi connectivity index (χ1n) is 6.03. The van der Waals surface area contributed by atoms with Crippen LogP contribution in [0.25, 0.3) is 0 Å². The number of nitrogens with zero attached hydrogens (tertiary/aromatic N) is 1. The molecule has 2 fully saturated rings. The van der Waals surface area contributed by atoms with Crippen molar-refractivity contribution >= 4 is 17.5 Å². The summed E-state index contributed by atoms with van der Waals surface area (Å²) in [5.41, 5.74) is 0.419. The van der Waals surface area contributed by atoms with Crippen molar-refractivity contribution in [1.82, 2.24) is 4.98 Å². The highest BCUT2D eigenvalue weighted by Crippen LogP contribution is 2.46. The number of carbonyl (C=O) groups excluding carboxylic acids is 1. The van der Waals surface area contributed by atoms with E-state index in [0.29, 0.717) is 16.2 Å². The van der Waals surface area contributed by atoms with Gasteiger partial charge in [0.15, 0.2) is 5.78 Å². The van der Waals surface area contributed by atoms with Crippen LogP contribution >= 0.6 is 11.8 Å². The maximum atomic E-state index is 12.7. The summed E-state index contributed by atoms with van der Waals surface area (Å²) in [6.45, 7) is 0. The molecule has 0 aromatic carbocycles. The maximum Gasteiger partial charge on any atom is 0.184 e. The molecule has 2 aliphatic heterocycles. The number of thioether (sulfide) groups is 1. The Morgan fingerprint density at radius 2 is 2.00 bits per heavy atom. The summed E-state index contributed by atoms with van der Waals surface area (Å²) in [7, 11) is 0. The monoisotopic (exact) mass is 251 g/mol. The van der Waals surface area contributed by atoms with E-state index < -0.39 is 0 Å². The highest BCUT2D eigenvalue weighted by molar-refractivity contribution is 8.00. The zero-order valence-corrected chi connectivity index (χ0v) is 10.3. The van der Waals surface area contributed by atoms with Crippen LogP contribution in [-0.4, -0.2) is 21.3 Å². The van der Waals surface area contributed by atoms with Gasteiger partial charge >= 0.3 is 0 Å². The summed E-state index contributed by atoms with van der Waals surface area (Å²) in [6.07, 6.45) is 5.56. The van der Waals surface area contributed by atoms with E-state index in [1.165, 1.54) is 25.0 Å². The zero-order valence-electron chi connectivity index (χ0n) is 9.43. The van der Waals surface area contributed by atoms with Crippen molar-refractivity contribution in [2.45, 2.75) is 36.2 Å². The largest absolute Gasteiger partial charge is 0.292 e. The summed E-state index contributed by atoms with van der Waals surface area (Å²) in [5, 5.41) is 1.31. The standard InChI is InChI=1S/C13H14FNOS/c14-9-1-4-12(15-7-9)13(16)8-5-10-2-3-11(6-8)17-10/h1,4,7-8,10-11H,2-3,5-6H2. The molecule has 0 N–H and O–H groups in total. The van der Waals surface area contributed by atoms with Gasteiger partial charge in [0.25, 0.3) is 0 Å². The number of Topliss-reactive ketones (excluding diaryl/α,β-unsaturated/α-hetero) is 1. The molecule has 2 saturated heterocycles. The Bertz CT molecular complexity index is 422. The SMILES string of the molecule is O=C(c1ccc(F)cn1)C1CC2CCC(C1)S2. The summed E-state index contributed by atoms with van der Waals surface area (Å²) < 4.78 is 12.7. The van der Waals surface area contributed by atoms with E-state index in [9.17, 15) is 9.18 Å². The van der Waals surface area contributed by atoms with Crippen molar-refractivity contribution in [1.29, 1.82) is 0 Å². The predicted molar refractivity (Wildman–Crippen MR) is 65.7 cm³/mol. The third kappa shape index (κ3) is 2.23. The molecule has 0 amide bonds. The summed E-state index contributed by atoms with van der Waals surface area (Å²) >= 11 is 2.04. The van der Waals surface area contributed by atoms with E-state index in [4.69, 9.17) is 0 Å². The molecule has 2 atom stereocenters. The van der Waals surface area contributed by atoms with E-state index in [0.717, 1.165) is 19.0 Å². The minimum absolute atomic E-state index is 0.0993. The molecular weight excluding hydrogens is 237 g/mol. The Morgan fingerprint density at radius 3 is 2.59 bits per heavy atom. The lowest BCUT2D eigenvalue weighted by Gasteiger charge is -2.25. The Labute approximate surface area is 104 Å². The van der Waals surface area contributed by atoms with Gasteiger partial charge in [0, 0.05) is 16.4 Å². The molecular formula is C13H14FNOS. The lowest BCUT2D eigenvalue weighted by molar-refractivity contribution is 0.0901. The second-order valence-corrected chi connectivity index (χ2v) is 6.46. The van der Waals surface area contributed by atoms with Crippen LogP contribution in [0.5, 0.6) is 0 Å². The number of halogens is 1. The molecule has 0 radical (unpaired) electrons. The topological polar surface area (TPSA) is 30.0 Å². The molecule has 4 heteroatoms. The Kier molecular flexibility index (Phi) is 2.90. The van der Waals surface area contributed by atoms with Crippen LogP contribution in [0.2, 0.25) is 0 Å². The van der Waals surface area contributed by atoms with Crippen LogP contribution < -0.4 is 0 Å². The van der Waals surface area contributed by atoms with Crippen molar-refractivity contribution in [2.75, 3.05) is 0 Å². The van der Waals surface area contributed by atoms with Crippen molar-refractivity contribution in [3.05, 3.63) is 29.8 Å². The van der Waals surface area contributed by atoms with Crippen molar-refractivity contribution in [3.8, 4) is 0 Å². The number of carbonyl (C=O) groups is 1. The highest BCUT2D eigenvalue weighted by Gasteiger charge is 2.38. The van der Waals surface area contributed by atoms with Gasteiger partial charge in [0.2, 0.25) is 0 Å². The van der Waals surface area contributed by atoms with Gasteiger partial charge in [-0.3, -0.25) is 9.78 Å². The van der Waals surface area contributed by atoms with E-state index in [-0.39, 0.29) is 17.5 Å². The smallest absolute Gasteiger partial charge is 0.184 e. The Morgan fingerprint density at radius 1 is 1.29 bits per heavy atom. The summed E-state index contributed by atoms with van der Waals surface area (Å²) in [5.74, 6) is -0.185. The number of hydrogen-bond acceptors (Lipinski definition) is 3. The quantitative estimate of drug-likeness (QED) is 0.757. The van der Waals surface area contributed by atoms with Crippen LogP contribution in [-0.2, 0) is 0 Å². The Balaban J connectivity index is 1.76. The average molecular weight is 251 g/mol. The van der Waals surface area contributed by atoms with Gasteiger partial charge in [0.05, 0.1) is 6.20 Å². The fourth-order valence-electron chi connectivity index (χ4n) is 2.80. The Hall–Kier alpha value is -0.900. The van der Waals surface area contributed by atoms with Gasteiger partial charge < -0.3 is 0 Å². The van der Waals surface area contributed by atoms with Crippen molar-refractivity contribution < 1.29 is 9.18 Å². The first-order valence-corrected chi connectivity index (χ1v) is 6.98. The van der Waals surface area contributed by atoms with Gasteiger partial charge in [0.1, 0.15) is 11.5 Å². The van der Waals surface area contributed by atoms with Crippen LogP contribution in [0.3, 0.4) is 0 Å². The number of rotatable bonds is 2. The van der Waals surface area contributed by atoms with Gasteiger partial charge in [-0.25, -0.2) is 4.39 Å². The van der Waals surface area contributed by atoms with Gasteiger partial charge in [-0.1, -0.05) is 0 Å². The van der Waals surface area contributed by atoms with Gasteiger partial charge in [-0.15, -0.1) is 0 Å². The van der Waals surface area contributed by atoms with Crippen LogP contribution in [0, 0.1) is 11.7 Å². The van der Waals surface area contributed by atoms with Crippen LogP contribution in [0.1, 0.15) is 36.2 Å². The van der Waals surface area contributed by atoms with Crippen LogP contribution in [0.4, 0.5) is 4.39 Å². The van der Waals surface area contributed by atoms with Gasteiger partial charge in [-0.05, 0) is 37.8 Å². The molecule has 3 heterocycles. The fraction of sp³-hybridized carbons (Fsp3) is 0.538. The van der Waals surface area contributed by atoms with Crippen molar-refractivity contribution in [3.63, 3.8) is 0 Å².